The molecule has 4 heteroatoms. The van der Waals surface area contributed by atoms with Gasteiger partial charge >= 0.3 is 0 Å². The predicted octanol–water partition coefficient (Wildman–Crippen LogP) is 3.48. The number of hydrogen-bond acceptors (Lipinski definition) is 4. The van der Waals surface area contributed by atoms with Crippen LogP contribution < -0.4 is 0 Å². The maximum Gasteiger partial charge on any atom is 0.255 e. The van der Waals surface area contributed by atoms with Gasteiger partial charge in [-0.05, 0) is 38.2 Å². The molecule has 0 radical (unpaired) electrons. The van der Waals surface area contributed by atoms with Crippen molar-refractivity contribution in [2.75, 3.05) is 0 Å². The smallest absolute Gasteiger partial charge is 0.255 e. The third kappa shape index (κ3) is 3.25. The zero-order chi connectivity index (χ0) is 13.8. The maximum atomic E-state index is 5.74. The monoisotopic (exact) mass is 272 g/mol. The molecule has 0 bridgehead atoms. The van der Waals surface area contributed by atoms with E-state index in [0.29, 0.717) is 12.0 Å². The van der Waals surface area contributed by atoms with E-state index in [1.165, 1.54) is 5.56 Å². The summed E-state index contributed by atoms with van der Waals surface area (Å²) >= 11 is 0. The number of aryl methyl sites for hydroxylation is 2. The van der Waals surface area contributed by atoms with Crippen molar-refractivity contribution in [3.05, 3.63) is 47.6 Å². The molecular weight excluding hydrogens is 252 g/mol. The Morgan fingerprint density at radius 1 is 1.15 bits per heavy atom. The maximum absolute atomic E-state index is 5.74. The second-order valence-electron chi connectivity index (χ2n) is 5.40. The van der Waals surface area contributed by atoms with Gasteiger partial charge in [-0.3, -0.25) is 0 Å². The first-order chi connectivity index (χ1) is 9.81. The normalized spacial score (nSPS) is 22.2. The molecule has 2 heterocycles. The lowest BCUT2D eigenvalue weighted by atomic mass is 10.1. The molecule has 1 fully saturated rings. The summed E-state index contributed by atoms with van der Waals surface area (Å²) in [4.78, 5) is 4.46. The fourth-order valence-corrected chi connectivity index (χ4v) is 2.58. The molecule has 4 nitrogen and oxygen atoms in total. The summed E-state index contributed by atoms with van der Waals surface area (Å²) in [6, 6.07) is 10.5. The van der Waals surface area contributed by atoms with Crippen molar-refractivity contribution >= 4 is 0 Å². The number of benzene rings is 1. The van der Waals surface area contributed by atoms with E-state index in [2.05, 4.69) is 41.3 Å². The lowest BCUT2D eigenvalue weighted by molar-refractivity contribution is 0.0355. The SMILES string of the molecule is C[C@H]1CC[C@@H](c2nc(CCCc3ccccc3)no2)O1. The van der Waals surface area contributed by atoms with E-state index in [4.69, 9.17) is 9.26 Å². The van der Waals surface area contributed by atoms with Crippen molar-refractivity contribution in [1.29, 1.82) is 0 Å². The van der Waals surface area contributed by atoms with Gasteiger partial charge in [0.15, 0.2) is 5.82 Å². The third-order valence-electron chi connectivity index (χ3n) is 3.70. The Morgan fingerprint density at radius 3 is 2.75 bits per heavy atom. The van der Waals surface area contributed by atoms with Crippen LogP contribution in [0.15, 0.2) is 34.9 Å². The zero-order valence-corrected chi connectivity index (χ0v) is 11.8. The van der Waals surface area contributed by atoms with Crippen LogP contribution in [0.3, 0.4) is 0 Å². The standard InChI is InChI=1S/C16H20N2O2/c1-12-10-11-14(19-12)16-17-15(18-20-16)9-5-8-13-6-3-2-4-7-13/h2-4,6-7,12,14H,5,8-11H2,1H3/t12-,14-/m0/s1. The Labute approximate surface area is 119 Å². The summed E-state index contributed by atoms with van der Waals surface area (Å²) < 4.78 is 11.1. The van der Waals surface area contributed by atoms with Gasteiger partial charge in [0.1, 0.15) is 6.10 Å². The minimum atomic E-state index is 0.000346. The Balaban J connectivity index is 1.50. The summed E-state index contributed by atoms with van der Waals surface area (Å²) in [6.07, 6.45) is 5.27. The van der Waals surface area contributed by atoms with Crippen molar-refractivity contribution in [1.82, 2.24) is 10.1 Å². The lowest BCUT2D eigenvalue weighted by Crippen LogP contribution is -2.01. The third-order valence-corrected chi connectivity index (χ3v) is 3.70. The Morgan fingerprint density at radius 2 is 2.00 bits per heavy atom. The van der Waals surface area contributed by atoms with Gasteiger partial charge in [-0.15, -0.1) is 0 Å². The zero-order valence-electron chi connectivity index (χ0n) is 11.8. The highest BCUT2D eigenvalue weighted by Gasteiger charge is 2.28. The van der Waals surface area contributed by atoms with Gasteiger partial charge in [0.2, 0.25) is 0 Å². The van der Waals surface area contributed by atoms with Gasteiger partial charge in [-0.1, -0.05) is 35.5 Å². The number of aromatic nitrogens is 2. The van der Waals surface area contributed by atoms with Crippen molar-refractivity contribution in [3.8, 4) is 0 Å². The summed E-state index contributed by atoms with van der Waals surface area (Å²) in [6.45, 7) is 2.08. The van der Waals surface area contributed by atoms with Gasteiger partial charge in [0.25, 0.3) is 5.89 Å². The van der Waals surface area contributed by atoms with Crippen LogP contribution in [-0.4, -0.2) is 16.2 Å². The predicted molar refractivity (Wildman–Crippen MR) is 75.3 cm³/mol. The minimum Gasteiger partial charge on any atom is -0.365 e. The highest BCUT2D eigenvalue weighted by Crippen LogP contribution is 2.31. The van der Waals surface area contributed by atoms with Gasteiger partial charge in [0.05, 0.1) is 6.10 Å². The number of ether oxygens (including phenoxy) is 1. The highest BCUT2D eigenvalue weighted by molar-refractivity contribution is 5.14. The Hall–Kier alpha value is -1.68. The van der Waals surface area contributed by atoms with E-state index in [1.54, 1.807) is 0 Å². The number of rotatable bonds is 5. The van der Waals surface area contributed by atoms with E-state index < -0.39 is 0 Å². The highest BCUT2D eigenvalue weighted by atomic mass is 16.5. The molecule has 1 aromatic carbocycles. The van der Waals surface area contributed by atoms with E-state index >= 15 is 0 Å². The van der Waals surface area contributed by atoms with Crippen molar-refractivity contribution in [3.63, 3.8) is 0 Å². The minimum absolute atomic E-state index is 0.000346. The molecule has 0 amide bonds. The molecule has 20 heavy (non-hydrogen) atoms. The largest absolute Gasteiger partial charge is 0.365 e. The molecule has 1 aliphatic rings. The van der Waals surface area contributed by atoms with Gasteiger partial charge in [0, 0.05) is 6.42 Å². The van der Waals surface area contributed by atoms with E-state index in [0.717, 1.165) is 37.9 Å². The van der Waals surface area contributed by atoms with Crippen LogP contribution >= 0.6 is 0 Å². The van der Waals surface area contributed by atoms with Crippen LogP contribution in [0.25, 0.3) is 0 Å². The first-order valence-corrected chi connectivity index (χ1v) is 7.33. The van der Waals surface area contributed by atoms with E-state index in [9.17, 15) is 0 Å². The molecule has 0 N–H and O–H groups in total. The van der Waals surface area contributed by atoms with E-state index in [-0.39, 0.29) is 6.10 Å². The molecule has 106 valence electrons. The Kier molecular flexibility index (Phi) is 4.11. The average molecular weight is 272 g/mol. The van der Waals surface area contributed by atoms with Crippen LogP contribution in [0.2, 0.25) is 0 Å². The topological polar surface area (TPSA) is 48.2 Å². The molecule has 0 saturated carbocycles. The molecule has 1 aromatic heterocycles. The fraction of sp³-hybridized carbons (Fsp3) is 0.500. The van der Waals surface area contributed by atoms with Crippen molar-refractivity contribution < 1.29 is 9.26 Å². The summed E-state index contributed by atoms with van der Waals surface area (Å²) in [5.41, 5.74) is 1.35. The molecule has 2 atom stereocenters. The molecule has 1 aliphatic heterocycles. The summed E-state index contributed by atoms with van der Waals surface area (Å²) in [7, 11) is 0. The van der Waals surface area contributed by atoms with Gasteiger partial charge < -0.3 is 9.26 Å². The van der Waals surface area contributed by atoms with Gasteiger partial charge in [-0.25, -0.2) is 0 Å². The van der Waals surface area contributed by atoms with Crippen LogP contribution in [-0.2, 0) is 17.6 Å². The molecule has 1 saturated heterocycles. The number of nitrogens with zero attached hydrogens (tertiary/aromatic N) is 2. The first-order valence-electron chi connectivity index (χ1n) is 7.33. The second-order valence-corrected chi connectivity index (χ2v) is 5.40. The molecular formula is C16H20N2O2. The van der Waals surface area contributed by atoms with Crippen LogP contribution in [0.4, 0.5) is 0 Å². The summed E-state index contributed by atoms with van der Waals surface area (Å²) in [5, 5.41) is 4.05. The molecule has 0 aliphatic carbocycles. The van der Waals surface area contributed by atoms with Crippen molar-refractivity contribution in [2.45, 2.75) is 51.2 Å². The quantitative estimate of drug-likeness (QED) is 0.836. The van der Waals surface area contributed by atoms with Crippen LogP contribution in [0.5, 0.6) is 0 Å². The van der Waals surface area contributed by atoms with E-state index in [1.807, 2.05) is 6.07 Å². The van der Waals surface area contributed by atoms with Crippen molar-refractivity contribution in [2.24, 2.45) is 0 Å². The average Bonchev–Trinajstić information content (AvgIpc) is 3.09. The first kappa shape index (κ1) is 13.3. The van der Waals surface area contributed by atoms with Crippen LogP contribution in [0.1, 0.15) is 49.6 Å². The van der Waals surface area contributed by atoms with Crippen LogP contribution in [0, 0.1) is 0 Å². The molecule has 3 rings (SSSR count). The molecule has 2 aromatic rings. The molecule has 0 spiro atoms. The fourth-order valence-electron chi connectivity index (χ4n) is 2.58. The Bertz CT molecular complexity index is 538. The number of hydrogen-bond donors (Lipinski definition) is 0. The lowest BCUT2D eigenvalue weighted by Gasteiger charge is -2.04. The second kappa shape index (κ2) is 6.18. The summed E-state index contributed by atoms with van der Waals surface area (Å²) in [5.74, 6) is 1.43. The van der Waals surface area contributed by atoms with Gasteiger partial charge in [-0.2, -0.15) is 4.98 Å². The molecule has 0 unspecified atom stereocenters.